The molecule has 1 amide bonds. The minimum absolute atomic E-state index is 0.141. The summed E-state index contributed by atoms with van der Waals surface area (Å²) in [4.78, 5) is 12.0. The molecule has 0 heterocycles. The average Bonchev–Trinajstić information content (AvgIpc) is 2.53. The van der Waals surface area contributed by atoms with E-state index >= 15 is 0 Å². The minimum atomic E-state index is -0.500. The van der Waals surface area contributed by atoms with E-state index in [0.717, 1.165) is 5.56 Å². The molecule has 0 aliphatic heterocycles. The average molecular weight is 420 g/mol. The van der Waals surface area contributed by atoms with Gasteiger partial charge in [0.25, 0.3) is 5.91 Å². The van der Waals surface area contributed by atoms with Crippen LogP contribution in [0.2, 0.25) is 15.1 Å². The summed E-state index contributed by atoms with van der Waals surface area (Å²) in [6, 6.07) is 7.96. The van der Waals surface area contributed by atoms with Crippen LogP contribution in [0.4, 0.5) is 0 Å². The Balaban J connectivity index is 2.25. The van der Waals surface area contributed by atoms with Gasteiger partial charge >= 0.3 is 0 Å². The quantitative estimate of drug-likeness (QED) is 0.710. The first-order chi connectivity index (χ1) is 11.8. The molecule has 5 nitrogen and oxygen atoms in total. The molecule has 0 unspecified atom stereocenters. The van der Waals surface area contributed by atoms with E-state index in [4.69, 9.17) is 50.0 Å². The molecule has 3 N–H and O–H groups in total. The molecule has 0 fully saturated rings. The first-order valence-electron chi connectivity index (χ1n) is 6.87. The number of amides is 1. The van der Waals surface area contributed by atoms with E-state index in [1.54, 1.807) is 18.2 Å². The van der Waals surface area contributed by atoms with Crippen LogP contribution in [0.5, 0.6) is 11.5 Å². The van der Waals surface area contributed by atoms with Gasteiger partial charge in [-0.05, 0) is 36.5 Å². The second-order valence-corrected chi connectivity index (χ2v) is 6.52. The van der Waals surface area contributed by atoms with E-state index in [0.29, 0.717) is 10.0 Å². The van der Waals surface area contributed by atoms with E-state index in [1.807, 2.05) is 0 Å². The van der Waals surface area contributed by atoms with Crippen molar-refractivity contribution in [3.63, 3.8) is 0 Å². The predicted molar refractivity (Wildman–Crippen MR) is 103 cm³/mol. The fraction of sp³-hybridized carbons (Fsp3) is 0.125. The van der Waals surface area contributed by atoms with Crippen molar-refractivity contribution < 1.29 is 14.3 Å². The Morgan fingerprint density at radius 1 is 1.20 bits per heavy atom. The standard InChI is InChI=1S/C16H13Cl3N2O3S/c1-23-13-5-9(15(22)21-16(20)25)4-12(19)14(13)24-7-8-2-3-10(17)6-11(8)18/h2-6H,7H2,1H3,(H3,20,21,22,25). The first-order valence-corrected chi connectivity index (χ1v) is 8.41. The number of thiocarbonyl (C=S) groups is 1. The summed E-state index contributed by atoms with van der Waals surface area (Å²) < 4.78 is 11.0. The number of hydrogen-bond acceptors (Lipinski definition) is 4. The van der Waals surface area contributed by atoms with Gasteiger partial charge in [0, 0.05) is 21.2 Å². The number of ether oxygens (including phenoxy) is 2. The van der Waals surface area contributed by atoms with Gasteiger partial charge in [-0.3, -0.25) is 10.1 Å². The Morgan fingerprint density at radius 2 is 1.92 bits per heavy atom. The molecular weight excluding hydrogens is 407 g/mol. The van der Waals surface area contributed by atoms with Crippen LogP contribution in [0, 0.1) is 0 Å². The number of methoxy groups -OCH3 is 1. The second kappa shape index (κ2) is 8.58. The van der Waals surface area contributed by atoms with Crippen LogP contribution < -0.4 is 20.5 Å². The van der Waals surface area contributed by atoms with Crippen LogP contribution in [0.3, 0.4) is 0 Å². The lowest BCUT2D eigenvalue weighted by atomic mass is 10.2. The molecule has 0 aromatic heterocycles. The van der Waals surface area contributed by atoms with Crippen molar-refractivity contribution in [2.75, 3.05) is 7.11 Å². The Kier molecular flexibility index (Phi) is 6.72. The summed E-state index contributed by atoms with van der Waals surface area (Å²) in [6.07, 6.45) is 0. The summed E-state index contributed by atoms with van der Waals surface area (Å²) in [7, 11) is 1.43. The Bertz CT molecular complexity index is 831. The number of rotatable bonds is 5. The van der Waals surface area contributed by atoms with E-state index < -0.39 is 5.91 Å². The van der Waals surface area contributed by atoms with E-state index in [2.05, 4.69) is 17.5 Å². The van der Waals surface area contributed by atoms with E-state index in [1.165, 1.54) is 19.2 Å². The maximum Gasteiger partial charge on any atom is 0.257 e. The summed E-state index contributed by atoms with van der Waals surface area (Å²) in [5.74, 6) is 0.0627. The van der Waals surface area contributed by atoms with Gasteiger partial charge < -0.3 is 15.2 Å². The van der Waals surface area contributed by atoms with Crippen molar-refractivity contribution in [1.29, 1.82) is 0 Å². The lowest BCUT2D eigenvalue weighted by Gasteiger charge is -2.14. The molecule has 0 atom stereocenters. The molecular formula is C16H13Cl3N2O3S. The number of carbonyl (C=O) groups excluding carboxylic acids is 1. The third-order valence-corrected chi connectivity index (χ3v) is 4.09. The molecule has 0 aliphatic carbocycles. The lowest BCUT2D eigenvalue weighted by Crippen LogP contribution is -2.34. The van der Waals surface area contributed by atoms with Crippen molar-refractivity contribution in [2.24, 2.45) is 5.73 Å². The number of carbonyl (C=O) groups is 1. The van der Waals surface area contributed by atoms with Gasteiger partial charge in [0.05, 0.1) is 12.1 Å². The van der Waals surface area contributed by atoms with E-state index in [9.17, 15) is 4.79 Å². The highest BCUT2D eigenvalue weighted by Crippen LogP contribution is 2.37. The molecule has 25 heavy (non-hydrogen) atoms. The van der Waals surface area contributed by atoms with Crippen LogP contribution in [0.15, 0.2) is 30.3 Å². The molecule has 0 saturated heterocycles. The Morgan fingerprint density at radius 3 is 2.52 bits per heavy atom. The third-order valence-electron chi connectivity index (χ3n) is 3.12. The molecule has 2 rings (SSSR count). The van der Waals surface area contributed by atoms with Crippen molar-refractivity contribution in [3.05, 3.63) is 56.5 Å². The van der Waals surface area contributed by atoms with Crippen LogP contribution in [0.25, 0.3) is 0 Å². The molecule has 0 aliphatic rings. The zero-order chi connectivity index (χ0) is 18.6. The minimum Gasteiger partial charge on any atom is -0.493 e. The van der Waals surface area contributed by atoms with Crippen LogP contribution in [0.1, 0.15) is 15.9 Å². The monoisotopic (exact) mass is 418 g/mol. The third kappa shape index (κ3) is 5.12. The van der Waals surface area contributed by atoms with Crippen molar-refractivity contribution >= 4 is 58.0 Å². The SMILES string of the molecule is COc1cc(C(=O)NC(N)=S)cc(Cl)c1OCc1ccc(Cl)cc1Cl. The van der Waals surface area contributed by atoms with Crippen LogP contribution >= 0.6 is 47.0 Å². The van der Waals surface area contributed by atoms with Crippen LogP contribution in [-0.2, 0) is 6.61 Å². The molecule has 2 aromatic carbocycles. The summed E-state index contributed by atoms with van der Waals surface area (Å²) in [5.41, 5.74) is 6.24. The molecule has 9 heteroatoms. The fourth-order valence-corrected chi connectivity index (χ4v) is 2.78. The molecule has 0 radical (unpaired) electrons. The number of hydrogen-bond donors (Lipinski definition) is 2. The Labute approximate surface area is 164 Å². The summed E-state index contributed by atoms with van der Waals surface area (Å²) >= 11 is 22.9. The maximum absolute atomic E-state index is 12.0. The number of nitrogens with one attached hydrogen (secondary N) is 1. The highest BCUT2D eigenvalue weighted by Gasteiger charge is 2.17. The zero-order valence-electron chi connectivity index (χ0n) is 12.9. The molecule has 132 valence electrons. The summed E-state index contributed by atoms with van der Waals surface area (Å²) in [6.45, 7) is 0.143. The topological polar surface area (TPSA) is 73.6 Å². The molecule has 0 bridgehead atoms. The number of benzene rings is 2. The maximum atomic E-state index is 12.0. The van der Waals surface area contributed by atoms with Gasteiger partial charge in [0.15, 0.2) is 16.6 Å². The fourth-order valence-electron chi connectivity index (χ4n) is 1.96. The number of halogens is 3. The van der Waals surface area contributed by atoms with Crippen molar-refractivity contribution in [1.82, 2.24) is 5.32 Å². The molecule has 0 saturated carbocycles. The van der Waals surface area contributed by atoms with Crippen LogP contribution in [-0.4, -0.2) is 18.1 Å². The first kappa shape index (κ1) is 19.6. The van der Waals surface area contributed by atoms with Gasteiger partial charge in [0.1, 0.15) is 6.61 Å². The lowest BCUT2D eigenvalue weighted by molar-refractivity contribution is 0.0977. The predicted octanol–water partition coefficient (Wildman–Crippen LogP) is 4.21. The van der Waals surface area contributed by atoms with Gasteiger partial charge in [-0.2, -0.15) is 0 Å². The van der Waals surface area contributed by atoms with Gasteiger partial charge in [-0.1, -0.05) is 40.9 Å². The largest absolute Gasteiger partial charge is 0.493 e. The second-order valence-electron chi connectivity index (χ2n) is 4.83. The summed E-state index contributed by atoms with van der Waals surface area (Å²) in [5, 5.41) is 3.36. The van der Waals surface area contributed by atoms with Gasteiger partial charge in [0.2, 0.25) is 0 Å². The normalized spacial score (nSPS) is 10.2. The van der Waals surface area contributed by atoms with Crippen molar-refractivity contribution in [2.45, 2.75) is 6.61 Å². The molecule has 2 aromatic rings. The van der Waals surface area contributed by atoms with E-state index in [-0.39, 0.29) is 33.8 Å². The Hall–Kier alpha value is -1.73. The molecule has 0 spiro atoms. The highest BCUT2D eigenvalue weighted by atomic mass is 35.5. The number of nitrogens with two attached hydrogens (primary N) is 1. The van der Waals surface area contributed by atoms with Gasteiger partial charge in [-0.15, -0.1) is 0 Å². The highest BCUT2D eigenvalue weighted by molar-refractivity contribution is 7.80. The smallest absolute Gasteiger partial charge is 0.257 e. The zero-order valence-corrected chi connectivity index (χ0v) is 16.0. The van der Waals surface area contributed by atoms with Crippen molar-refractivity contribution in [3.8, 4) is 11.5 Å². The van der Waals surface area contributed by atoms with Gasteiger partial charge in [-0.25, -0.2) is 0 Å².